The molecule has 0 saturated heterocycles. The molecular formula is C54H50N2. The second kappa shape index (κ2) is 13.1. The summed E-state index contributed by atoms with van der Waals surface area (Å²) in [5, 5.41) is 2.60. The molecule has 7 aromatic carbocycles. The summed E-state index contributed by atoms with van der Waals surface area (Å²) in [6.45, 7) is 11.9. The first-order valence-corrected chi connectivity index (χ1v) is 20.5. The second-order valence-corrected chi connectivity index (χ2v) is 17.5. The van der Waals surface area contributed by atoms with Crippen molar-refractivity contribution in [2.75, 3.05) is 9.80 Å². The van der Waals surface area contributed by atoms with Crippen molar-refractivity contribution in [1.82, 2.24) is 0 Å². The zero-order chi connectivity index (χ0) is 38.2. The SMILES string of the molecule is CC1CCc2ccccc2N1c1ccc(-c2ccc(/C=C/c3ccc4c(c3)C(C)(C)c3cc(N5c6ccccc6CCC5(C)C)ccc3-4)cc2)c2ccccc12. The normalized spacial score (nSPS) is 17.8. The zero-order valence-electron chi connectivity index (χ0n) is 33.3. The largest absolute Gasteiger partial charge is 0.338 e. The van der Waals surface area contributed by atoms with E-state index in [0.717, 1.165) is 25.7 Å². The maximum absolute atomic E-state index is 2.58. The Morgan fingerprint density at radius 3 is 1.93 bits per heavy atom. The monoisotopic (exact) mass is 726 g/mol. The number of fused-ring (bicyclic) bond motifs is 6. The average Bonchev–Trinajstić information content (AvgIpc) is 3.44. The highest BCUT2D eigenvalue weighted by Gasteiger charge is 2.38. The van der Waals surface area contributed by atoms with Gasteiger partial charge in [0, 0.05) is 45.1 Å². The molecule has 2 heterocycles. The number of nitrogens with zero attached hydrogens (tertiary/aromatic N) is 2. The lowest BCUT2D eigenvalue weighted by Crippen LogP contribution is -2.44. The van der Waals surface area contributed by atoms with Crippen LogP contribution >= 0.6 is 0 Å². The quantitative estimate of drug-likeness (QED) is 0.163. The van der Waals surface area contributed by atoms with Gasteiger partial charge in [0.05, 0.1) is 0 Å². The number of aryl methyl sites for hydroxylation is 2. The van der Waals surface area contributed by atoms with Crippen molar-refractivity contribution in [3.05, 3.63) is 179 Å². The molecule has 0 bridgehead atoms. The van der Waals surface area contributed by atoms with Crippen LogP contribution in [-0.4, -0.2) is 11.6 Å². The first-order chi connectivity index (χ1) is 27.2. The lowest BCUT2D eigenvalue weighted by atomic mass is 9.81. The van der Waals surface area contributed by atoms with Gasteiger partial charge >= 0.3 is 0 Å². The van der Waals surface area contributed by atoms with Crippen molar-refractivity contribution in [3.63, 3.8) is 0 Å². The second-order valence-electron chi connectivity index (χ2n) is 17.5. The van der Waals surface area contributed by atoms with Gasteiger partial charge in [0.25, 0.3) is 0 Å². The van der Waals surface area contributed by atoms with Gasteiger partial charge in [-0.2, -0.15) is 0 Å². The minimum atomic E-state index is -0.0978. The molecule has 7 aromatic rings. The summed E-state index contributed by atoms with van der Waals surface area (Å²) in [7, 11) is 0. The fraction of sp³-hybridized carbons (Fsp3) is 0.222. The standard InChI is InChI=1S/C54H50N2/c1-36-18-24-40-12-6-10-16-50(40)55(36)52-31-30-43(44-14-8-9-15-47(44)52)39-25-21-37(22-26-39)19-20-38-23-28-45-46-29-27-42(35-49(46)54(4,5)48(45)34-38)56-51-17-11-7-13-41(51)32-33-53(56,2)3/h6-17,19-23,25-31,34-36H,18,24,32-33H2,1-5H3/b20-19+. The number of rotatable bonds is 5. The van der Waals surface area contributed by atoms with Crippen molar-refractivity contribution in [3.8, 4) is 22.3 Å². The summed E-state index contributed by atoms with van der Waals surface area (Å²) < 4.78 is 0. The molecule has 1 unspecified atom stereocenters. The van der Waals surface area contributed by atoms with Crippen LogP contribution in [0.15, 0.2) is 146 Å². The van der Waals surface area contributed by atoms with Gasteiger partial charge in [-0.05, 0) is 138 Å². The molecule has 276 valence electrons. The molecular weight excluding hydrogens is 677 g/mol. The Kier molecular flexibility index (Phi) is 8.11. The molecule has 2 aliphatic heterocycles. The highest BCUT2D eigenvalue weighted by Crippen LogP contribution is 2.52. The van der Waals surface area contributed by atoms with Crippen LogP contribution in [0.25, 0.3) is 45.2 Å². The van der Waals surface area contributed by atoms with Crippen molar-refractivity contribution in [2.24, 2.45) is 0 Å². The van der Waals surface area contributed by atoms with Crippen LogP contribution in [0.3, 0.4) is 0 Å². The van der Waals surface area contributed by atoms with Crippen LogP contribution < -0.4 is 9.80 Å². The highest BCUT2D eigenvalue weighted by atomic mass is 15.2. The maximum Gasteiger partial charge on any atom is 0.0493 e. The van der Waals surface area contributed by atoms with Gasteiger partial charge in [-0.1, -0.05) is 141 Å². The Bertz CT molecular complexity index is 2680. The van der Waals surface area contributed by atoms with Gasteiger partial charge in [-0.25, -0.2) is 0 Å². The Hall–Kier alpha value is -5.86. The predicted octanol–water partition coefficient (Wildman–Crippen LogP) is 14.3. The Balaban J connectivity index is 0.919. The van der Waals surface area contributed by atoms with E-state index in [1.165, 1.54) is 89.2 Å². The third-order valence-corrected chi connectivity index (χ3v) is 13.2. The third kappa shape index (κ3) is 5.61. The van der Waals surface area contributed by atoms with Gasteiger partial charge < -0.3 is 9.80 Å². The molecule has 10 rings (SSSR count). The fourth-order valence-electron chi connectivity index (χ4n) is 10.1. The molecule has 0 fully saturated rings. The number of anilines is 4. The number of hydrogen-bond donors (Lipinski definition) is 0. The van der Waals surface area contributed by atoms with Gasteiger partial charge in [0.1, 0.15) is 0 Å². The summed E-state index contributed by atoms with van der Waals surface area (Å²) in [4.78, 5) is 5.14. The van der Waals surface area contributed by atoms with Crippen LogP contribution in [0.4, 0.5) is 22.7 Å². The van der Waals surface area contributed by atoms with E-state index in [1.807, 2.05) is 0 Å². The number of para-hydroxylation sites is 2. The van der Waals surface area contributed by atoms with Crippen LogP contribution in [0.1, 0.15) is 80.8 Å². The zero-order valence-corrected chi connectivity index (χ0v) is 33.3. The van der Waals surface area contributed by atoms with Crippen LogP contribution in [-0.2, 0) is 18.3 Å². The lowest BCUT2D eigenvalue weighted by Gasteiger charge is -2.45. The smallest absolute Gasteiger partial charge is 0.0493 e. The highest BCUT2D eigenvalue weighted by molar-refractivity contribution is 6.05. The molecule has 0 amide bonds. The number of hydrogen-bond acceptors (Lipinski definition) is 2. The Morgan fingerprint density at radius 2 is 1.14 bits per heavy atom. The third-order valence-electron chi connectivity index (χ3n) is 13.2. The summed E-state index contributed by atoms with van der Waals surface area (Å²) in [6, 6.07) is 55.2. The summed E-state index contributed by atoms with van der Waals surface area (Å²) >= 11 is 0. The van der Waals surface area contributed by atoms with E-state index in [4.69, 9.17) is 0 Å². The van der Waals surface area contributed by atoms with Crippen molar-refractivity contribution >= 4 is 45.7 Å². The Morgan fingerprint density at radius 1 is 0.536 bits per heavy atom. The van der Waals surface area contributed by atoms with E-state index in [1.54, 1.807) is 0 Å². The van der Waals surface area contributed by atoms with Crippen LogP contribution in [0, 0.1) is 0 Å². The van der Waals surface area contributed by atoms with Crippen LogP contribution in [0.2, 0.25) is 0 Å². The molecule has 0 spiro atoms. The van der Waals surface area contributed by atoms with Crippen LogP contribution in [0.5, 0.6) is 0 Å². The first-order valence-electron chi connectivity index (χ1n) is 20.5. The Labute approximate surface area is 332 Å². The minimum Gasteiger partial charge on any atom is -0.338 e. The molecule has 2 nitrogen and oxygen atoms in total. The van der Waals surface area contributed by atoms with Gasteiger partial charge in [0.15, 0.2) is 0 Å². The van der Waals surface area contributed by atoms with E-state index < -0.39 is 0 Å². The van der Waals surface area contributed by atoms with E-state index in [0.29, 0.717) is 6.04 Å². The number of benzene rings is 7. The molecule has 0 radical (unpaired) electrons. The van der Waals surface area contributed by atoms with E-state index in [2.05, 4.69) is 202 Å². The molecule has 56 heavy (non-hydrogen) atoms. The van der Waals surface area contributed by atoms with E-state index >= 15 is 0 Å². The average molecular weight is 727 g/mol. The van der Waals surface area contributed by atoms with Crippen molar-refractivity contribution < 1.29 is 0 Å². The van der Waals surface area contributed by atoms with E-state index in [-0.39, 0.29) is 11.0 Å². The van der Waals surface area contributed by atoms with Crippen molar-refractivity contribution in [1.29, 1.82) is 0 Å². The molecule has 3 aliphatic rings. The van der Waals surface area contributed by atoms with E-state index in [9.17, 15) is 0 Å². The molecule has 1 atom stereocenters. The minimum absolute atomic E-state index is 0.0476. The molecule has 2 heteroatoms. The first kappa shape index (κ1) is 34.6. The lowest BCUT2D eigenvalue weighted by molar-refractivity contribution is 0.447. The maximum atomic E-state index is 2.58. The molecule has 0 aromatic heterocycles. The summed E-state index contributed by atoms with van der Waals surface area (Å²) in [5.74, 6) is 0. The molecule has 0 saturated carbocycles. The summed E-state index contributed by atoms with van der Waals surface area (Å²) in [6.07, 6.45) is 9.09. The van der Waals surface area contributed by atoms with Gasteiger partial charge in [-0.3, -0.25) is 0 Å². The fourth-order valence-corrected chi connectivity index (χ4v) is 10.1. The topological polar surface area (TPSA) is 6.48 Å². The predicted molar refractivity (Wildman–Crippen MR) is 240 cm³/mol. The van der Waals surface area contributed by atoms with Gasteiger partial charge in [0.2, 0.25) is 0 Å². The van der Waals surface area contributed by atoms with Gasteiger partial charge in [-0.15, -0.1) is 0 Å². The molecule has 1 aliphatic carbocycles. The van der Waals surface area contributed by atoms with Crippen molar-refractivity contribution in [2.45, 2.75) is 77.3 Å². The summed E-state index contributed by atoms with van der Waals surface area (Å²) in [5.41, 5.74) is 18.6. The molecule has 0 N–H and O–H groups in total.